The smallest absolute Gasteiger partial charge is 0.253 e. The highest BCUT2D eigenvalue weighted by Gasteiger charge is 2.28. The zero-order valence-electron chi connectivity index (χ0n) is 16.8. The van der Waals surface area contributed by atoms with Crippen LogP contribution in [0.4, 0.5) is 5.69 Å². The van der Waals surface area contributed by atoms with E-state index in [1.807, 2.05) is 29.2 Å². The first-order valence-electron chi connectivity index (χ1n) is 10.00. The van der Waals surface area contributed by atoms with Crippen molar-refractivity contribution in [2.45, 2.75) is 25.7 Å². The van der Waals surface area contributed by atoms with Gasteiger partial charge in [0.1, 0.15) is 0 Å². The fraction of sp³-hybridized carbons (Fsp3) is 0.261. The molecule has 7 heteroatoms. The van der Waals surface area contributed by atoms with Gasteiger partial charge in [-0.1, -0.05) is 12.1 Å². The molecule has 1 N–H and O–H groups in total. The first-order chi connectivity index (χ1) is 14.6. The molecule has 0 spiro atoms. The summed E-state index contributed by atoms with van der Waals surface area (Å²) in [6, 6.07) is 11.1. The molecule has 3 aromatic rings. The number of piperidine rings is 1. The zero-order valence-corrected chi connectivity index (χ0v) is 16.8. The third-order valence-electron chi connectivity index (χ3n) is 5.21. The second-order valence-corrected chi connectivity index (χ2v) is 7.38. The predicted octanol–water partition coefficient (Wildman–Crippen LogP) is 3.52. The average molecular weight is 401 g/mol. The predicted molar refractivity (Wildman–Crippen MR) is 114 cm³/mol. The topological polar surface area (TPSA) is 88.1 Å². The summed E-state index contributed by atoms with van der Waals surface area (Å²) in [5.74, 6) is -0.0121. The number of nitrogens with one attached hydrogen (secondary N) is 1. The summed E-state index contributed by atoms with van der Waals surface area (Å²) in [5.41, 5.74) is 3.92. The Balaban J connectivity index is 1.61. The maximum Gasteiger partial charge on any atom is 0.253 e. The van der Waals surface area contributed by atoms with Crippen LogP contribution >= 0.6 is 0 Å². The molecule has 1 fully saturated rings. The van der Waals surface area contributed by atoms with E-state index >= 15 is 0 Å². The number of aromatic nitrogens is 3. The van der Waals surface area contributed by atoms with Crippen molar-refractivity contribution in [3.63, 3.8) is 0 Å². The molecule has 7 nitrogen and oxygen atoms in total. The number of hydrogen-bond donors (Lipinski definition) is 1. The van der Waals surface area contributed by atoms with Gasteiger partial charge in [0, 0.05) is 67.5 Å². The van der Waals surface area contributed by atoms with Gasteiger partial charge in [-0.05, 0) is 37.1 Å². The lowest BCUT2D eigenvalue weighted by Gasteiger charge is -2.33. The van der Waals surface area contributed by atoms with Gasteiger partial charge in [0.25, 0.3) is 5.91 Å². The van der Waals surface area contributed by atoms with Crippen LogP contribution < -0.4 is 5.32 Å². The molecule has 30 heavy (non-hydrogen) atoms. The largest absolute Gasteiger partial charge is 0.338 e. The second-order valence-electron chi connectivity index (χ2n) is 7.38. The minimum atomic E-state index is -0.121. The SMILES string of the molecule is CC(=O)Nc1cccc(-c2nccnc2[C@H]2CCCN(C(=O)c3ccncc3)C2)c1. The highest BCUT2D eigenvalue weighted by atomic mass is 16.2. The van der Waals surface area contributed by atoms with E-state index in [1.54, 1.807) is 36.9 Å². The third kappa shape index (κ3) is 4.35. The van der Waals surface area contributed by atoms with Crippen molar-refractivity contribution in [1.29, 1.82) is 0 Å². The fourth-order valence-electron chi connectivity index (χ4n) is 3.88. The van der Waals surface area contributed by atoms with Crippen molar-refractivity contribution in [3.8, 4) is 11.3 Å². The van der Waals surface area contributed by atoms with Gasteiger partial charge in [-0.2, -0.15) is 0 Å². The van der Waals surface area contributed by atoms with E-state index in [9.17, 15) is 9.59 Å². The maximum atomic E-state index is 12.9. The van der Waals surface area contributed by atoms with Crippen LogP contribution in [0.3, 0.4) is 0 Å². The summed E-state index contributed by atoms with van der Waals surface area (Å²) in [7, 11) is 0. The molecule has 4 rings (SSSR count). The van der Waals surface area contributed by atoms with Crippen LogP contribution in [0.25, 0.3) is 11.3 Å². The Morgan fingerprint density at radius 1 is 1.07 bits per heavy atom. The Bertz CT molecular complexity index is 1050. The molecule has 0 aliphatic carbocycles. The molecule has 3 heterocycles. The van der Waals surface area contributed by atoms with Gasteiger partial charge < -0.3 is 10.2 Å². The van der Waals surface area contributed by atoms with E-state index in [0.717, 1.165) is 42.0 Å². The molecule has 1 atom stereocenters. The highest BCUT2D eigenvalue weighted by molar-refractivity contribution is 5.94. The van der Waals surface area contributed by atoms with E-state index in [0.29, 0.717) is 12.1 Å². The van der Waals surface area contributed by atoms with Crippen LogP contribution in [-0.4, -0.2) is 44.8 Å². The first-order valence-corrected chi connectivity index (χ1v) is 10.00. The van der Waals surface area contributed by atoms with Gasteiger partial charge in [-0.3, -0.25) is 24.5 Å². The van der Waals surface area contributed by atoms with E-state index in [2.05, 4.69) is 20.3 Å². The molecular weight excluding hydrogens is 378 g/mol. The highest BCUT2D eigenvalue weighted by Crippen LogP contribution is 2.33. The summed E-state index contributed by atoms with van der Waals surface area (Å²) in [5, 5.41) is 2.81. The minimum absolute atomic E-state index is 0.0141. The zero-order chi connectivity index (χ0) is 20.9. The summed E-state index contributed by atoms with van der Waals surface area (Å²) < 4.78 is 0. The van der Waals surface area contributed by atoms with Crippen LogP contribution in [0.1, 0.15) is 41.7 Å². The Labute approximate surface area is 175 Å². The molecule has 152 valence electrons. The molecule has 0 saturated carbocycles. The Morgan fingerprint density at radius 3 is 2.67 bits per heavy atom. The minimum Gasteiger partial charge on any atom is -0.338 e. The van der Waals surface area contributed by atoms with Crippen LogP contribution in [0.15, 0.2) is 61.2 Å². The third-order valence-corrected chi connectivity index (χ3v) is 5.21. The van der Waals surface area contributed by atoms with Gasteiger partial charge in [0.15, 0.2) is 0 Å². The van der Waals surface area contributed by atoms with Crippen molar-refractivity contribution in [1.82, 2.24) is 19.9 Å². The van der Waals surface area contributed by atoms with Gasteiger partial charge in [-0.25, -0.2) is 0 Å². The standard InChI is InChI=1S/C23H23N5O2/c1-16(29)27-20-6-2-4-18(14-20)21-22(26-12-11-25-21)19-5-3-13-28(15-19)23(30)17-7-9-24-10-8-17/h2,4,6-12,14,19H,3,5,13,15H2,1H3,(H,27,29)/t19-/m0/s1. The lowest BCUT2D eigenvalue weighted by Crippen LogP contribution is -2.39. The normalized spacial score (nSPS) is 16.2. The summed E-state index contributed by atoms with van der Waals surface area (Å²) >= 11 is 0. The molecule has 1 aliphatic rings. The molecule has 1 aromatic carbocycles. The number of anilines is 1. The number of carbonyl (C=O) groups is 2. The van der Waals surface area contributed by atoms with E-state index in [-0.39, 0.29) is 17.7 Å². The van der Waals surface area contributed by atoms with Crippen LogP contribution in [-0.2, 0) is 4.79 Å². The van der Waals surface area contributed by atoms with E-state index < -0.39 is 0 Å². The first kappa shape index (κ1) is 19.7. The number of hydrogen-bond acceptors (Lipinski definition) is 5. The van der Waals surface area contributed by atoms with Crippen molar-refractivity contribution in [2.24, 2.45) is 0 Å². The Morgan fingerprint density at radius 2 is 1.87 bits per heavy atom. The van der Waals surface area contributed by atoms with Crippen molar-refractivity contribution in [3.05, 3.63) is 72.4 Å². The van der Waals surface area contributed by atoms with Crippen molar-refractivity contribution < 1.29 is 9.59 Å². The van der Waals surface area contributed by atoms with E-state index in [4.69, 9.17) is 0 Å². The number of amides is 2. The molecule has 2 aromatic heterocycles. The Hall–Kier alpha value is -3.61. The monoisotopic (exact) mass is 401 g/mol. The lowest BCUT2D eigenvalue weighted by molar-refractivity contribution is -0.114. The van der Waals surface area contributed by atoms with Crippen LogP contribution in [0, 0.1) is 0 Å². The molecule has 0 unspecified atom stereocenters. The Kier molecular flexibility index (Phi) is 5.79. The number of likely N-dealkylation sites (tertiary alicyclic amines) is 1. The molecule has 0 radical (unpaired) electrons. The number of benzene rings is 1. The van der Waals surface area contributed by atoms with Crippen molar-refractivity contribution in [2.75, 3.05) is 18.4 Å². The molecule has 1 saturated heterocycles. The van der Waals surface area contributed by atoms with Gasteiger partial charge in [0.2, 0.25) is 5.91 Å². The molecule has 0 bridgehead atoms. The van der Waals surface area contributed by atoms with Crippen LogP contribution in [0.5, 0.6) is 0 Å². The number of pyridine rings is 1. The quantitative estimate of drug-likeness (QED) is 0.723. The van der Waals surface area contributed by atoms with Crippen LogP contribution in [0.2, 0.25) is 0 Å². The van der Waals surface area contributed by atoms with Gasteiger partial charge in [0.05, 0.1) is 11.4 Å². The van der Waals surface area contributed by atoms with Gasteiger partial charge in [-0.15, -0.1) is 0 Å². The number of nitrogens with zero attached hydrogens (tertiary/aromatic N) is 4. The summed E-state index contributed by atoms with van der Waals surface area (Å²) in [6.45, 7) is 2.81. The van der Waals surface area contributed by atoms with Gasteiger partial charge >= 0.3 is 0 Å². The second kappa shape index (κ2) is 8.82. The maximum absolute atomic E-state index is 12.9. The summed E-state index contributed by atoms with van der Waals surface area (Å²) in [6.07, 6.45) is 8.49. The lowest BCUT2D eigenvalue weighted by atomic mass is 9.91. The molecule has 2 amide bonds. The van der Waals surface area contributed by atoms with Crippen molar-refractivity contribution >= 4 is 17.5 Å². The molecular formula is C23H23N5O2. The summed E-state index contributed by atoms with van der Waals surface area (Å²) in [4.78, 5) is 39.4. The number of rotatable bonds is 4. The number of carbonyl (C=O) groups excluding carboxylic acids is 2. The average Bonchev–Trinajstić information content (AvgIpc) is 2.79. The van der Waals surface area contributed by atoms with E-state index in [1.165, 1.54) is 6.92 Å². The molecule has 1 aliphatic heterocycles. The fourth-order valence-corrected chi connectivity index (χ4v) is 3.88.